The van der Waals surface area contributed by atoms with Crippen molar-refractivity contribution in [3.63, 3.8) is 0 Å². The van der Waals surface area contributed by atoms with Crippen LogP contribution in [0.3, 0.4) is 0 Å². The number of aliphatic imine (C=N–C) groups is 1. The summed E-state index contributed by atoms with van der Waals surface area (Å²) in [6.45, 7) is 3.88. The maximum absolute atomic E-state index is 12.2. The Balaban J connectivity index is 0.00000420. The summed E-state index contributed by atoms with van der Waals surface area (Å²) in [7, 11) is 3.29. The minimum Gasteiger partial charge on any atom is -0.497 e. The monoisotopic (exact) mass is 552 g/mol. The Morgan fingerprint density at radius 1 is 1.14 bits per heavy atom. The molecule has 0 radical (unpaired) electrons. The van der Waals surface area contributed by atoms with Crippen LogP contribution < -0.4 is 10.1 Å². The van der Waals surface area contributed by atoms with E-state index < -0.39 is 10.0 Å². The number of hydrogen-bond acceptors (Lipinski definition) is 5. The summed E-state index contributed by atoms with van der Waals surface area (Å²) in [6.07, 6.45) is 0. The lowest BCUT2D eigenvalue weighted by Gasteiger charge is -2.22. The first-order valence-electron chi connectivity index (χ1n) is 8.91. The third kappa shape index (κ3) is 7.12. The normalized spacial score (nSPS) is 11.9. The molecule has 0 aliphatic rings. The zero-order valence-electron chi connectivity index (χ0n) is 17.4. The number of sulfonamides is 1. The van der Waals surface area contributed by atoms with E-state index in [2.05, 4.69) is 10.3 Å². The van der Waals surface area contributed by atoms with Gasteiger partial charge in [-0.3, -0.25) is 0 Å². The zero-order valence-corrected chi connectivity index (χ0v) is 21.3. The van der Waals surface area contributed by atoms with Gasteiger partial charge in [0.2, 0.25) is 0 Å². The van der Waals surface area contributed by atoms with E-state index in [9.17, 15) is 8.42 Å². The average molecular weight is 553 g/mol. The van der Waals surface area contributed by atoms with Crippen molar-refractivity contribution in [3.8, 4) is 5.75 Å². The molecule has 0 saturated carbocycles. The van der Waals surface area contributed by atoms with Crippen molar-refractivity contribution in [1.29, 1.82) is 0 Å². The minimum atomic E-state index is -3.40. The number of nitrogens with one attached hydrogen (secondary N) is 1. The molecule has 0 aliphatic carbocycles. The molecule has 0 amide bonds. The first-order chi connectivity index (χ1) is 13.3. The molecule has 1 aromatic carbocycles. The van der Waals surface area contributed by atoms with Crippen molar-refractivity contribution < 1.29 is 13.2 Å². The molecule has 0 saturated heterocycles. The molecule has 0 unspecified atom stereocenters. The third-order valence-corrected chi connectivity index (χ3v) is 7.38. The van der Waals surface area contributed by atoms with Crippen LogP contribution in [-0.2, 0) is 23.1 Å². The molecular weight excluding hydrogens is 523 g/mol. The smallest absolute Gasteiger partial charge is 0.252 e. The maximum atomic E-state index is 12.2. The van der Waals surface area contributed by atoms with Gasteiger partial charge in [-0.25, -0.2) is 17.7 Å². The van der Waals surface area contributed by atoms with Gasteiger partial charge >= 0.3 is 0 Å². The van der Waals surface area contributed by atoms with Gasteiger partial charge in [0, 0.05) is 39.1 Å². The molecule has 7 nitrogen and oxygen atoms in total. The van der Waals surface area contributed by atoms with E-state index in [0.29, 0.717) is 17.3 Å². The van der Waals surface area contributed by atoms with E-state index >= 15 is 0 Å². The van der Waals surface area contributed by atoms with E-state index in [4.69, 9.17) is 4.74 Å². The molecule has 0 aliphatic heterocycles. The maximum Gasteiger partial charge on any atom is 0.252 e. The van der Waals surface area contributed by atoms with E-state index in [1.54, 1.807) is 13.2 Å². The fraction of sp³-hybridized carbons (Fsp3) is 0.421. The van der Waals surface area contributed by atoms with Crippen LogP contribution in [0.15, 0.2) is 45.6 Å². The van der Waals surface area contributed by atoms with Crippen LogP contribution in [-0.4, -0.2) is 58.4 Å². The number of hydrogen-bond donors (Lipinski definition) is 1. The highest BCUT2D eigenvalue weighted by molar-refractivity contribution is 14.0. The van der Waals surface area contributed by atoms with E-state index in [0.717, 1.165) is 28.7 Å². The van der Waals surface area contributed by atoms with Gasteiger partial charge in [-0.2, -0.15) is 0 Å². The topological polar surface area (TPSA) is 74.2 Å². The van der Waals surface area contributed by atoms with Gasteiger partial charge in [0.15, 0.2) is 5.96 Å². The zero-order chi connectivity index (χ0) is 20.7. The standard InChI is InChI=1S/C19H28N4O3S2.HI/c1-6-20-19(23(4)14-15-7-9-16(26-5)10-8-15)21-13-17-11-12-18(27-17)28(24,25)22(2)3;/h7-12H,6,13-14H2,1-5H3,(H,20,21);1H. The van der Waals surface area contributed by atoms with Crippen molar-refractivity contribution in [2.24, 2.45) is 4.99 Å². The number of guanidine groups is 1. The predicted octanol–water partition coefficient (Wildman–Crippen LogP) is 3.22. The summed E-state index contributed by atoms with van der Waals surface area (Å²) in [5, 5.41) is 3.28. The van der Waals surface area contributed by atoms with Gasteiger partial charge in [-0.1, -0.05) is 12.1 Å². The van der Waals surface area contributed by atoms with Crippen LogP contribution in [0.5, 0.6) is 5.75 Å². The second-order valence-corrected chi connectivity index (χ2v) is 9.93. The highest BCUT2D eigenvalue weighted by atomic mass is 127. The van der Waals surface area contributed by atoms with Crippen molar-refractivity contribution in [1.82, 2.24) is 14.5 Å². The van der Waals surface area contributed by atoms with Gasteiger partial charge in [0.05, 0.1) is 13.7 Å². The molecule has 10 heteroatoms. The summed E-state index contributed by atoms with van der Waals surface area (Å²) in [4.78, 5) is 7.60. The van der Waals surface area contributed by atoms with Crippen LogP contribution >= 0.6 is 35.3 Å². The van der Waals surface area contributed by atoms with E-state index in [-0.39, 0.29) is 24.0 Å². The molecule has 0 fully saturated rings. The Bertz CT molecular complexity index is 896. The molecule has 0 bridgehead atoms. The largest absolute Gasteiger partial charge is 0.497 e. The van der Waals surface area contributed by atoms with Gasteiger partial charge in [0.25, 0.3) is 10.0 Å². The van der Waals surface area contributed by atoms with Crippen LogP contribution in [0.25, 0.3) is 0 Å². The Labute approximate surface area is 194 Å². The summed E-state index contributed by atoms with van der Waals surface area (Å²) in [5.74, 6) is 1.59. The summed E-state index contributed by atoms with van der Waals surface area (Å²) in [5.41, 5.74) is 1.14. The van der Waals surface area contributed by atoms with Crippen LogP contribution in [0.4, 0.5) is 0 Å². The Hall–Kier alpha value is -1.37. The summed E-state index contributed by atoms with van der Waals surface area (Å²) >= 11 is 1.25. The van der Waals surface area contributed by atoms with Crippen molar-refractivity contribution in [2.45, 2.75) is 24.2 Å². The molecule has 2 aromatic rings. The first kappa shape index (κ1) is 25.7. The molecule has 1 aromatic heterocycles. The number of nitrogens with zero attached hydrogens (tertiary/aromatic N) is 3. The number of methoxy groups -OCH3 is 1. The Morgan fingerprint density at radius 3 is 2.34 bits per heavy atom. The minimum absolute atomic E-state index is 0. The van der Waals surface area contributed by atoms with Gasteiger partial charge in [-0.15, -0.1) is 35.3 Å². The lowest BCUT2D eigenvalue weighted by atomic mass is 10.2. The van der Waals surface area contributed by atoms with Crippen molar-refractivity contribution in [3.05, 3.63) is 46.8 Å². The van der Waals surface area contributed by atoms with Gasteiger partial charge < -0.3 is 15.0 Å². The molecule has 2 rings (SSSR count). The van der Waals surface area contributed by atoms with E-state index in [1.165, 1.54) is 29.7 Å². The van der Waals surface area contributed by atoms with Crippen LogP contribution in [0.2, 0.25) is 0 Å². The van der Waals surface area contributed by atoms with Gasteiger partial charge in [-0.05, 0) is 36.8 Å². The second-order valence-electron chi connectivity index (χ2n) is 6.38. The molecule has 162 valence electrons. The van der Waals surface area contributed by atoms with Gasteiger partial charge in [0.1, 0.15) is 9.96 Å². The van der Waals surface area contributed by atoms with Crippen molar-refractivity contribution >= 4 is 51.3 Å². The van der Waals surface area contributed by atoms with Crippen LogP contribution in [0, 0.1) is 0 Å². The summed E-state index contributed by atoms with van der Waals surface area (Å²) < 4.78 is 31.2. The number of halogens is 1. The number of ether oxygens (including phenoxy) is 1. The third-order valence-electron chi connectivity index (χ3n) is 4.03. The SMILES string of the molecule is CCNC(=NCc1ccc(S(=O)(=O)N(C)C)s1)N(C)Cc1ccc(OC)cc1.I. The Morgan fingerprint density at radius 2 is 1.79 bits per heavy atom. The second kappa shape index (κ2) is 11.7. The Kier molecular flexibility index (Phi) is 10.4. The lowest BCUT2D eigenvalue weighted by Crippen LogP contribution is -2.38. The number of rotatable bonds is 8. The van der Waals surface area contributed by atoms with E-state index in [1.807, 2.05) is 49.2 Å². The lowest BCUT2D eigenvalue weighted by molar-refractivity contribution is 0.414. The average Bonchev–Trinajstić information content (AvgIpc) is 3.15. The highest BCUT2D eigenvalue weighted by Gasteiger charge is 2.19. The molecule has 0 spiro atoms. The molecule has 1 N–H and O–H groups in total. The molecule has 0 atom stereocenters. The fourth-order valence-corrected chi connectivity index (χ4v) is 4.91. The summed E-state index contributed by atoms with van der Waals surface area (Å²) in [6, 6.07) is 11.4. The fourth-order valence-electron chi connectivity index (χ4n) is 2.46. The quantitative estimate of drug-likeness (QED) is 0.310. The highest BCUT2D eigenvalue weighted by Crippen LogP contribution is 2.24. The number of thiophene rings is 1. The molecule has 29 heavy (non-hydrogen) atoms. The van der Waals surface area contributed by atoms with Crippen molar-refractivity contribution in [2.75, 3.05) is 34.8 Å². The molecular formula is C19H29IN4O3S2. The molecule has 1 heterocycles. The predicted molar refractivity (Wildman–Crippen MR) is 130 cm³/mol. The van der Waals surface area contributed by atoms with Crippen LogP contribution in [0.1, 0.15) is 17.4 Å². The first-order valence-corrected chi connectivity index (χ1v) is 11.2. The number of benzene rings is 1.